The Hall–Kier alpha value is -1.62. The minimum atomic E-state index is -0.101. The molecule has 5 heteroatoms. The number of anilines is 1. The fourth-order valence-electron chi connectivity index (χ4n) is 1.69. The molecule has 1 heterocycles. The molecular weight excluding hydrogens is 230 g/mol. The Labute approximate surface area is 108 Å². The number of nitrogens with one attached hydrogen (secondary N) is 1. The first-order valence-electron chi connectivity index (χ1n) is 6.15. The first kappa shape index (κ1) is 14.4. The van der Waals surface area contributed by atoms with Crippen LogP contribution in [0.15, 0.2) is 18.3 Å². The van der Waals surface area contributed by atoms with Crippen molar-refractivity contribution in [3.8, 4) is 0 Å². The topological polar surface area (TPSA) is 65.5 Å². The molecular formula is C13H21N3O2. The normalized spacial score (nSPS) is 10.5. The van der Waals surface area contributed by atoms with Gasteiger partial charge in [0.05, 0.1) is 0 Å². The molecule has 18 heavy (non-hydrogen) atoms. The van der Waals surface area contributed by atoms with E-state index in [4.69, 9.17) is 5.11 Å². The Bertz CT molecular complexity index is 394. The molecule has 0 bridgehead atoms. The second kappa shape index (κ2) is 6.96. The van der Waals surface area contributed by atoms with Crippen molar-refractivity contribution >= 4 is 11.6 Å². The van der Waals surface area contributed by atoms with E-state index in [2.05, 4.69) is 10.3 Å². The fourth-order valence-corrected chi connectivity index (χ4v) is 1.69. The molecule has 5 nitrogen and oxygen atoms in total. The van der Waals surface area contributed by atoms with Crippen molar-refractivity contribution in [1.29, 1.82) is 0 Å². The molecule has 0 aliphatic carbocycles. The van der Waals surface area contributed by atoms with Gasteiger partial charge in [-0.1, -0.05) is 0 Å². The number of amides is 1. The zero-order valence-corrected chi connectivity index (χ0v) is 11.2. The summed E-state index contributed by atoms with van der Waals surface area (Å²) in [6.07, 6.45) is 2.19. The van der Waals surface area contributed by atoms with Crippen LogP contribution in [0.2, 0.25) is 0 Å². The molecule has 2 N–H and O–H groups in total. The largest absolute Gasteiger partial charge is 0.396 e. The molecule has 100 valence electrons. The van der Waals surface area contributed by atoms with E-state index in [9.17, 15) is 4.79 Å². The quantitative estimate of drug-likeness (QED) is 0.801. The number of carbonyl (C=O) groups is 1. The van der Waals surface area contributed by atoms with Gasteiger partial charge in [-0.25, -0.2) is 0 Å². The summed E-state index contributed by atoms with van der Waals surface area (Å²) in [5.41, 5.74) is 1.28. The number of hydrogen-bond acceptors (Lipinski definition) is 4. The molecule has 0 atom stereocenters. The Balaban J connectivity index is 2.87. The molecule has 0 saturated heterocycles. The smallest absolute Gasteiger partial charge is 0.272 e. The van der Waals surface area contributed by atoms with Crippen LogP contribution in [-0.2, 0) is 0 Å². The van der Waals surface area contributed by atoms with Crippen molar-refractivity contribution in [3.05, 3.63) is 24.0 Å². The molecule has 0 fully saturated rings. The lowest BCUT2D eigenvalue weighted by Gasteiger charge is -2.26. The Morgan fingerprint density at radius 3 is 2.83 bits per heavy atom. The summed E-state index contributed by atoms with van der Waals surface area (Å²) in [7, 11) is 1.80. The summed E-state index contributed by atoms with van der Waals surface area (Å²) in [5.74, 6) is -0.101. The summed E-state index contributed by atoms with van der Waals surface area (Å²) in [6, 6.07) is 3.63. The minimum absolute atomic E-state index is 0.0838. The van der Waals surface area contributed by atoms with Crippen LogP contribution in [0.3, 0.4) is 0 Å². The minimum Gasteiger partial charge on any atom is -0.396 e. The average Bonchev–Trinajstić information content (AvgIpc) is 2.38. The van der Waals surface area contributed by atoms with Crippen LogP contribution < -0.4 is 5.32 Å². The number of pyridine rings is 1. The molecule has 0 unspecified atom stereocenters. The van der Waals surface area contributed by atoms with Crippen LogP contribution in [-0.4, -0.2) is 47.1 Å². The molecule has 1 aromatic rings. The van der Waals surface area contributed by atoms with Gasteiger partial charge in [0.1, 0.15) is 5.69 Å². The van der Waals surface area contributed by atoms with Gasteiger partial charge < -0.3 is 15.3 Å². The fraction of sp³-hybridized carbons (Fsp3) is 0.538. The highest BCUT2D eigenvalue weighted by molar-refractivity contribution is 5.93. The van der Waals surface area contributed by atoms with Crippen LogP contribution in [0.5, 0.6) is 0 Å². The standard InChI is InChI=1S/C13H21N3O2/c1-10(2)16(7-4-8-17)13(18)12-9-11(14-3)5-6-15-12/h5-6,9-10,17H,4,7-8H2,1-3H3,(H,14,15). The van der Waals surface area contributed by atoms with E-state index in [-0.39, 0.29) is 18.6 Å². The molecule has 0 aliphatic rings. The van der Waals surface area contributed by atoms with Crippen LogP contribution in [0, 0.1) is 0 Å². The number of hydrogen-bond donors (Lipinski definition) is 2. The molecule has 1 aromatic heterocycles. The van der Waals surface area contributed by atoms with Crippen molar-refractivity contribution in [2.75, 3.05) is 25.5 Å². The van der Waals surface area contributed by atoms with Crippen LogP contribution >= 0.6 is 0 Å². The van der Waals surface area contributed by atoms with Gasteiger partial charge in [0, 0.05) is 38.1 Å². The highest BCUT2D eigenvalue weighted by Gasteiger charge is 2.19. The van der Waals surface area contributed by atoms with Crippen LogP contribution in [0.25, 0.3) is 0 Å². The van der Waals surface area contributed by atoms with Gasteiger partial charge in [-0.2, -0.15) is 0 Å². The van der Waals surface area contributed by atoms with E-state index in [1.54, 1.807) is 24.2 Å². The van der Waals surface area contributed by atoms with Gasteiger partial charge in [0.2, 0.25) is 0 Å². The average molecular weight is 251 g/mol. The van der Waals surface area contributed by atoms with Crippen molar-refractivity contribution < 1.29 is 9.90 Å². The van der Waals surface area contributed by atoms with Gasteiger partial charge in [-0.15, -0.1) is 0 Å². The summed E-state index contributed by atoms with van der Waals surface area (Å²) < 4.78 is 0. The summed E-state index contributed by atoms with van der Waals surface area (Å²) >= 11 is 0. The van der Waals surface area contributed by atoms with Gasteiger partial charge in [-0.3, -0.25) is 9.78 Å². The number of nitrogens with zero attached hydrogens (tertiary/aromatic N) is 2. The third-order valence-corrected chi connectivity index (χ3v) is 2.71. The lowest BCUT2D eigenvalue weighted by molar-refractivity contribution is 0.0687. The molecule has 0 radical (unpaired) electrons. The van der Waals surface area contributed by atoms with Gasteiger partial charge >= 0.3 is 0 Å². The zero-order chi connectivity index (χ0) is 13.5. The highest BCUT2D eigenvalue weighted by Crippen LogP contribution is 2.11. The number of carbonyl (C=O) groups excluding carboxylic acids is 1. The second-order valence-corrected chi connectivity index (χ2v) is 4.35. The zero-order valence-electron chi connectivity index (χ0n) is 11.2. The molecule has 0 aliphatic heterocycles. The number of aliphatic hydroxyl groups is 1. The molecule has 0 spiro atoms. The van der Waals surface area contributed by atoms with E-state index in [1.807, 2.05) is 19.9 Å². The molecule has 1 rings (SSSR count). The lowest BCUT2D eigenvalue weighted by Crippen LogP contribution is -2.38. The van der Waals surface area contributed by atoms with Crippen LogP contribution in [0.1, 0.15) is 30.8 Å². The maximum absolute atomic E-state index is 12.3. The van der Waals surface area contributed by atoms with Crippen molar-refractivity contribution in [2.45, 2.75) is 26.3 Å². The van der Waals surface area contributed by atoms with Crippen molar-refractivity contribution in [3.63, 3.8) is 0 Å². The van der Waals surface area contributed by atoms with E-state index >= 15 is 0 Å². The third kappa shape index (κ3) is 3.70. The summed E-state index contributed by atoms with van der Waals surface area (Å²) in [5, 5.41) is 11.9. The number of aromatic nitrogens is 1. The number of aliphatic hydroxyl groups excluding tert-OH is 1. The SMILES string of the molecule is CNc1ccnc(C(=O)N(CCCO)C(C)C)c1. The van der Waals surface area contributed by atoms with Gasteiger partial charge in [-0.05, 0) is 32.4 Å². The lowest BCUT2D eigenvalue weighted by atomic mass is 10.2. The molecule has 0 aromatic carbocycles. The van der Waals surface area contributed by atoms with E-state index < -0.39 is 0 Å². The van der Waals surface area contributed by atoms with E-state index in [0.29, 0.717) is 18.7 Å². The predicted molar refractivity (Wildman–Crippen MR) is 71.7 cm³/mol. The van der Waals surface area contributed by atoms with Crippen molar-refractivity contribution in [1.82, 2.24) is 9.88 Å². The molecule has 1 amide bonds. The summed E-state index contributed by atoms with van der Waals surface area (Å²) in [4.78, 5) is 18.1. The van der Waals surface area contributed by atoms with E-state index in [0.717, 1.165) is 5.69 Å². The monoisotopic (exact) mass is 251 g/mol. The van der Waals surface area contributed by atoms with Crippen molar-refractivity contribution in [2.24, 2.45) is 0 Å². The van der Waals surface area contributed by atoms with Crippen LogP contribution in [0.4, 0.5) is 5.69 Å². The van der Waals surface area contributed by atoms with Gasteiger partial charge in [0.15, 0.2) is 0 Å². The summed E-state index contributed by atoms with van der Waals surface area (Å²) in [6.45, 7) is 4.54. The second-order valence-electron chi connectivity index (χ2n) is 4.35. The maximum atomic E-state index is 12.3. The maximum Gasteiger partial charge on any atom is 0.272 e. The van der Waals surface area contributed by atoms with Gasteiger partial charge in [0.25, 0.3) is 5.91 Å². The Morgan fingerprint density at radius 1 is 1.56 bits per heavy atom. The first-order valence-corrected chi connectivity index (χ1v) is 6.15. The Kier molecular flexibility index (Phi) is 5.58. The third-order valence-electron chi connectivity index (χ3n) is 2.71. The highest BCUT2D eigenvalue weighted by atomic mass is 16.3. The Morgan fingerprint density at radius 2 is 2.28 bits per heavy atom. The first-order chi connectivity index (χ1) is 8.60. The molecule has 0 saturated carbocycles. The predicted octanol–water partition coefficient (Wildman–Crippen LogP) is 1.36. The van der Waals surface area contributed by atoms with E-state index in [1.165, 1.54) is 0 Å². The number of rotatable bonds is 6.